The van der Waals surface area contributed by atoms with E-state index in [0.717, 1.165) is 28.5 Å². The van der Waals surface area contributed by atoms with Gasteiger partial charge < -0.3 is 9.94 Å². The zero-order valence-corrected chi connectivity index (χ0v) is 12.4. The number of halogens is 1. The monoisotopic (exact) mass is 301 g/mol. The fourth-order valence-corrected chi connectivity index (χ4v) is 2.81. The molecule has 4 heteroatoms. The Bertz CT molecular complexity index is 649. The molecule has 0 amide bonds. The van der Waals surface area contributed by atoms with Crippen molar-refractivity contribution in [2.75, 3.05) is 7.11 Å². The fourth-order valence-electron chi connectivity index (χ4n) is 2.68. The zero-order valence-electron chi connectivity index (χ0n) is 11.7. The van der Waals surface area contributed by atoms with Crippen LogP contribution in [0.2, 0.25) is 5.02 Å². The van der Waals surface area contributed by atoms with Gasteiger partial charge in [-0.15, -0.1) is 0 Å². The molecule has 21 heavy (non-hydrogen) atoms. The van der Waals surface area contributed by atoms with Crippen molar-refractivity contribution < 1.29 is 9.94 Å². The minimum absolute atomic E-state index is 0.254. The van der Waals surface area contributed by atoms with Gasteiger partial charge in [0.05, 0.1) is 12.8 Å². The first-order chi connectivity index (χ1) is 10.2. The molecule has 0 saturated heterocycles. The molecule has 3 nitrogen and oxygen atoms in total. The van der Waals surface area contributed by atoms with Gasteiger partial charge >= 0.3 is 0 Å². The molecular formula is C17H16ClNO2. The molecule has 0 aliphatic heterocycles. The van der Waals surface area contributed by atoms with E-state index < -0.39 is 0 Å². The summed E-state index contributed by atoms with van der Waals surface area (Å²) >= 11 is 5.91. The van der Waals surface area contributed by atoms with E-state index in [-0.39, 0.29) is 5.92 Å². The van der Waals surface area contributed by atoms with Crippen molar-refractivity contribution in [1.82, 2.24) is 0 Å². The first kappa shape index (κ1) is 14.0. The SMILES string of the molecule is COc1ccc(/C(=N/O)C2CC2c2ccc(Cl)cc2)cc1. The lowest BCUT2D eigenvalue weighted by Gasteiger charge is -2.06. The molecule has 0 radical (unpaired) electrons. The van der Waals surface area contributed by atoms with Crippen LogP contribution in [0.1, 0.15) is 23.5 Å². The molecule has 2 unspecified atom stereocenters. The molecule has 1 N–H and O–H groups in total. The smallest absolute Gasteiger partial charge is 0.118 e. The number of hydrogen-bond donors (Lipinski definition) is 1. The molecular weight excluding hydrogens is 286 g/mol. The molecule has 1 aliphatic rings. The second-order valence-electron chi connectivity index (χ2n) is 5.21. The lowest BCUT2D eigenvalue weighted by molar-refractivity contribution is 0.317. The van der Waals surface area contributed by atoms with Crippen molar-refractivity contribution in [2.24, 2.45) is 11.1 Å². The van der Waals surface area contributed by atoms with Gasteiger partial charge in [0.1, 0.15) is 5.75 Å². The summed E-state index contributed by atoms with van der Waals surface area (Å²) in [5, 5.41) is 13.6. The molecule has 108 valence electrons. The number of ether oxygens (including phenoxy) is 1. The molecule has 2 aromatic carbocycles. The normalized spacial score (nSPS) is 21.1. The van der Waals surface area contributed by atoms with Crippen molar-refractivity contribution in [3.63, 3.8) is 0 Å². The Morgan fingerprint density at radius 2 is 1.81 bits per heavy atom. The molecule has 3 rings (SSSR count). The first-order valence-corrected chi connectivity index (χ1v) is 7.22. The Morgan fingerprint density at radius 3 is 2.38 bits per heavy atom. The Kier molecular flexibility index (Phi) is 3.84. The van der Waals surface area contributed by atoms with E-state index in [0.29, 0.717) is 5.92 Å². The van der Waals surface area contributed by atoms with Crippen LogP contribution in [0.5, 0.6) is 5.75 Å². The minimum atomic E-state index is 0.254. The van der Waals surface area contributed by atoms with Crippen LogP contribution < -0.4 is 4.74 Å². The van der Waals surface area contributed by atoms with Crippen LogP contribution in [0, 0.1) is 5.92 Å². The number of benzene rings is 2. The first-order valence-electron chi connectivity index (χ1n) is 6.84. The highest BCUT2D eigenvalue weighted by atomic mass is 35.5. The largest absolute Gasteiger partial charge is 0.497 e. The van der Waals surface area contributed by atoms with Gasteiger partial charge in [0, 0.05) is 10.9 Å². The standard InChI is InChI=1S/C17H16ClNO2/c1-21-14-8-4-12(5-9-14)17(19-20)16-10-15(16)11-2-6-13(18)7-3-11/h2-9,15-16,20H,10H2,1H3/b19-17-. The van der Waals surface area contributed by atoms with E-state index in [1.807, 2.05) is 48.5 Å². The number of oxime groups is 1. The van der Waals surface area contributed by atoms with Crippen molar-refractivity contribution in [2.45, 2.75) is 12.3 Å². The van der Waals surface area contributed by atoms with Crippen LogP contribution in [0.4, 0.5) is 0 Å². The molecule has 0 spiro atoms. The number of hydrogen-bond acceptors (Lipinski definition) is 3. The predicted molar refractivity (Wildman–Crippen MR) is 83.6 cm³/mol. The third kappa shape index (κ3) is 2.88. The highest BCUT2D eigenvalue weighted by Crippen LogP contribution is 2.49. The Labute approximate surface area is 128 Å². The summed E-state index contributed by atoms with van der Waals surface area (Å²) in [6.07, 6.45) is 0.993. The second kappa shape index (κ2) is 5.78. The summed E-state index contributed by atoms with van der Waals surface area (Å²) in [5.74, 6) is 1.45. The highest BCUT2D eigenvalue weighted by molar-refractivity contribution is 6.30. The van der Waals surface area contributed by atoms with Gasteiger partial charge in [-0.25, -0.2) is 0 Å². The summed E-state index contributed by atoms with van der Waals surface area (Å²) in [4.78, 5) is 0. The van der Waals surface area contributed by atoms with Gasteiger partial charge in [0.15, 0.2) is 0 Å². The van der Waals surface area contributed by atoms with Gasteiger partial charge in [-0.3, -0.25) is 0 Å². The van der Waals surface area contributed by atoms with Crippen LogP contribution in [-0.2, 0) is 0 Å². The van der Waals surface area contributed by atoms with E-state index in [1.54, 1.807) is 7.11 Å². The van der Waals surface area contributed by atoms with Crippen LogP contribution in [-0.4, -0.2) is 18.0 Å². The quantitative estimate of drug-likeness (QED) is 0.519. The third-order valence-corrected chi connectivity index (χ3v) is 4.19. The highest BCUT2D eigenvalue weighted by Gasteiger charge is 2.42. The average Bonchev–Trinajstić information content (AvgIpc) is 3.30. The number of rotatable bonds is 4. The maximum Gasteiger partial charge on any atom is 0.118 e. The second-order valence-corrected chi connectivity index (χ2v) is 5.65. The molecule has 2 atom stereocenters. The zero-order chi connectivity index (χ0) is 14.8. The van der Waals surface area contributed by atoms with E-state index in [9.17, 15) is 5.21 Å². The summed E-state index contributed by atoms with van der Waals surface area (Å²) in [6.45, 7) is 0. The predicted octanol–water partition coefficient (Wildman–Crippen LogP) is 4.33. The summed E-state index contributed by atoms with van der Waals surface area (Å²) in [7, 11) is 1.63. The van der Waals surface area contributed by atoms with Gasteiger partial charge in [0.2, 0.25) is 0 Å². The molecule has 0 heterocycles. The third-order valence-electron chi connectivity index (χ3n) is 3.93. The minimum Gasteiger partial charge on any atom is -0.497 e. The van der Waals surface area contributed by atoms with Gasteiger partial charge in [-0.05, 0) is 59.9 Å². The maximum atomic E-state index is 9.36. The number of methoxy groups -OCH3 is 1. The summed E-state index contributed by atoms with van der Waals surface area (Å²) in [6, 6.07) is 15.5. The topological polar surface area (TPSA) is 41.8 Å². The summed E-state index contributed by atoms with van der Waals surface area (Å²) in [5.41, 5.74) is 2.90. The average molecular weight is 302 g/mol. The molecule has 1 fully saturated rings. The van der Waals surface area contributed by atoms with Gasteiger partial charge in [-0.2, -0.15) is 0 Å². The van der Waals surface area contributed by atoms with Crippen LogP contribution >= 0.6 is 11.6 Å². The van der Waals surface area contributed by atoms with Crippen LogP contribution in [0.3, 0.4) is 0 Å². The fraction of sp³-hybridized carbons (Fsp3) is 0.235. The van der Waals surface area contributed by atoms with E-state index in [2.05, 4.69) is 5.16 Å². The van der Waals surface area contributed by atoms with Gasteiger partial charge in [0.25, 0.3) is 0 Å². The van der Waals surface area contributed by atoms with E-state index in [1.165, 1.54) is 5.56 Å². The van der Waals surface area contributed by atoms with Crippen LogP contribution in [0.25, 0.3) is 0 Å². The Morgan fingerprint density at radius 1 is 1.14 bits per heavy atom. The molecule has 0 bridgehead atoms. The van der Waals surface area contributed by atoms with Crippen molar-refractivity contribution in [1.29, 1.82) is 0 Å². The van der Waals surface area contributed by atoms with Crippen molar-refractivity contribution in [3.8, 4) is 5.75 Å². The lowest BCUT2D eigenvalue weighted by atomic mass is 10.0. The molecule has 2 aromatic rings. The van der Waals surface area contributed by atoms with Crippen LogP contribution in [0.15, 0.2) is 53.7 Å². The molecule has 0 aromatic heterocycles. The number of nitrogens with zero attached hydrogens (tertiary/aromatic N) is 1. The Balaban J connectivity index is 1.78. The van der Waals surface area contributed by atoms with Crippen molar-refractivity contribution in [3.05, 3.63) is 64.7 Å². The molecule has 1 aliphatic carbocycles. The summed E-state index contributed by atoms with van der Waals surface area (Å²) < 4.78 is 5.15. The van der Waals surface area contributed by atoms with Crippen molar-refractivity contribution >= 4 is 17.3 Å². The molecule has 1 saturated carbocycles. The maximum absolute atomic E-state index is 9.36. The lowest BCUT2D eigenvalue weighted by Crippen LogP contribution is -2.05. The Hall–Kier alpha value is -2.00. The van der Waals surface area contributed by atoms with Gasteiger partial charge in [-0.1, -0.05) is 28.9 Å². The van der Waals surface area contributed by atoms with E-state index >= 15 is 0 Å². The van der Waals surface area contributed by atoms with E-state index in [4.69, 9.17) is 16.3 Å².